The lowest BCUT2D eigenvalue weighted by Crippen LogP contribution is -2.09. The van der Waals surface area contributed by atoms with E-state index < -0.39 is 0 Å². The summed E-state index contributed by atoms with van der Waals surface area (Å²) in [6.45, 7) is 0.525. The van der Waals surface area contributed by atoms with Crippen LogP contribution in [0.1, 0.15) is 10.4 Å². The largest absolute Gasteiger partial charge is 0.493 e. The molecule has 0 aliphatic carbocycles. The number of ether oxygens (including phenoxy) is 4. The number of nitrogens with one attached hydrogen (secondary N) is 1. The third-order valence-electron chi connectivity index (χ3n) is 4.79. The molecule has 31 heavy (non-hydrogen) atoms. The van der Waals surface area contributed by atoms with Gasteiger partial charge in [-0.2, -0.15) is 0 Å². The Labute approximate surface area is 184 Å². The van der Waals surface area contributed by atoms with E-state index in [1.807, 2.05) is 18.2 Å². The Morgan fingerprint density at radius 2 is 1.81 bits per heavy atom. The van der Waals surface area contributed by atoms with Crippen LogP contribution in [0.15, 0.2) is 47.5 Å². The second kappa shape index (κ2) is 9.13. The average molecular weight is 441 g/mol. The number of aromatic nitrogens is 1. The van der Waals surface area contributed by atoms with Crippen molar-refractivity contribution in [3.63, 3.8) is 0 Å². The molecule has 1 aliphatic rings. The van der Waals surface area contributed by atoms with Gasteiger partial charge in [0.1, 0.15) is 17.3 Å². The number of methoxy groups -OCH3 is 3. The Morgan fingerprint density at radius 3 is 2.45 bits per heavy atom. The number of nitrogen functional groups attached to an aromatic ring is 1. The molecule has 0 radical (unpaired) electrons. The first-order chi connectivity index (χ1) is 15.1. The molecule has 9 heteroatoms. The van der Waals surface area contributed by atoms with Crippen molar-refractivity contribution in [1.82, 2.24) is 4.98 Å². The van der Waals surface area contributed by atoms with Gasteiger partial charge >= 0.3 is 0 Å². The summed E-state index contributed by atoms with van der Waals surface area (Å²) >= 11 is 1.38. The van der Waals surface area contributed by atoms with Crippen LogP contribution in [0.2, 0.25) is 0 Å². The van der Waals surface area contributed by atoms with E-state index in [9.17, 15) is 0 Å². The van der Waals surface area contributed by atoms with Crippen LogP contribution in [-0.4, -0.2) is 44.9 Å². The maximum Gasteiger partial charge on any atom is 0.230 e. The summed E-state index contributed by atoms with van der Waals surface area (Å²) < 4.78 is 22.0. The van der Waals surface area contributed by atoms with Gasteiger partial charge in [-0.3, -0.25) is 0 Å². The number of benzene rings is 2. The molecule has 162 valence electrons. The van der Waals surface area contributed by atoms with Crippen molar-refractivity contribution in [2.75, 3.05) is 39.0 Å². The highest BCUT2D eigenvalue weighted by Gasteiger charge is 2.25. The highest BCUT2D eigenvalue weighted by Crippen LogP contribution is 2.41. The van der Waals surface area contributed by atoms with Gasteiger partial charge in [0.15, 0.2) is 16.6 Å². The van der Waals surface area contributed by atoms with Crippen LogP contribution in [0.25, 0.3) is 0 Å². The third-order valence-corrected chi connectivity index (χ3v) is 5.76. The van der Waals surface area contributed by atoms with Crippen molar-refractivity contribution >= 4 is 33.9 Å². The summed E-state index contributed by atoms with van der Waals surface area (Å²) in [6.07, 6.45) is 0.819. The van der Waals surface area contributed by atoms with Crippen molar-refractivity contribution in [1.29, 1.82) is 0 Å². The smallest absolute Gasteiger partial charge is 0.230 e. The number of thiazole rings is 1. The molecule has 0 bridgehead atoms. The van der Waals surface area contributed by atoms with E-state index in [2.05, 4.69) is 22.4 Å². The van der Waals surface area contributed by atoms with E-state index in [0.29, 0.717) is 45.6 Å². The summed E-state index contributed by atoms with van der Waals surface area (Å²) in [7, 11) is 4.71. The molecule has 1 atom stereocenters. The molecule has 3 aromatic rings. The van der Waals surface area contributed by atoms with Crippen LogP contribution < -0.4 is 25.3 Å². The fourth-order valence-electron chi connectivity index (χ4n) is 3.35. The van der Waals surface area contributed by atoms with Gasteiger partial charge in [-0.1, -0.05) is 41.7 Å². The Kier molecular flexibility index (Phi) is 6.13. The van der Waals surface area contributed by atoms with Gasteiger partial charge in [0, 0.05) is 17.8 Å². The van der Waals surface area contributed by atoms with E-state index in [-0.39, 0.29) is 6.04 Å². The van der Waals surface area contributed by atoms with Crippen LogP contribution >= 0.6 is 11.3 Å². The molecule has 0 saturated carbocycles. The lowest BCUT2D eigenvalue weighted by molar-refractivity contribution is 0.317. The van der Waals surface area contributed by atoms with Crippen molar-refractivity contribution in [2.45, 2.75) is 12.5 Å². The summed E-state index contributed by atoms with van der Waals surface area (Å²) in [4.78, 5) is 9.85. The topological polar surface area (TPSA) is 100 Å². The summed E-state index contributed by atoms with van der Waals surface area (Å²) in [5.41, 5.74) is 8.11. The maximum atomic E-state index is 6.16. The monoisotopic (exact) mass is 440 g/mol. The van der Waals surface area contributed by atoms with E-state index in [4.69, 9.17) is 29.7 Å². The molecule has 0 spiro atoms. The Hall–Kier alpha value is -3.46. The van der Waals surface area contributed by atoms with Crippen LogP contribution in [0.5, 0.6) is 17.2 Å². The molecule has 1 aliphatic heterocycles. The lowest BCUT2D eigenvalue weighted by Gasteiger charge is -2.14. The summed E-state index contributed by atoms with van der Waals surface area (Å²) in [6, 6.07) is 13.9. The molecule has 0 unspecified atom stereocenters. The minimum absolute atomic E-state index is 0.0606. The molecular weight excluding hydrogens is 416 g/mol. The molecule has 2 heterocycles. The Balaban J connectivity index is 1.53. The van der Waals surface area contributed by atoms with Gasteiger partial charge in [0.2, 0.25) is 11.6 Å². The van der Waals surface area contributed by atoms with E-state index in [0.717, 1.165) is 12.1 Å². The lowest BCUT2D eigenvalue weighted by atomic mass is 10.1. The van der Waals surface area contributed by atoms with Crippen LogP contribution in [-0.2, 0) is 11.2 Å². The first kappa shape index (κ1) is 20.8. The molecular formula is C22H24N4O4S. The van der Waals surface area contributed by atoms with Gasteiger partial charge in [0.25, 0.3) is 0 Å². The van der Waals surface area contributed by atoms with Gasteiger partial charge in [-0.15, -0.1) is 0 Å². The first-order valence-corrected chi connectivity index (χ1v) is 10.5. The quantitative estimate of drug-likeness (QED) is 0.548. The van der Waals surface area contributed by atoms with E-state index in [1.165, 1.54) is 16.9 Å². The number of aliphatic imine (C=N–C) groups is 1. The van der Waals surface area contributed by atoms with Gasteiger partial charge < -0.3 is 30.0 Å². The highest BCUT2D eigenvalue weighted by atomic mass is 32.1. The number of hydrogen-bond donors (Lipinski definition) is 2. The molecule has 0 saturated heterocycles. The standard InChI is InChI=1S/C22H24N4O4S/c1-27-16-10-14(11-17(28-2)18(16)29-3)25-22-26-20(23)19(31-22)21-24-15(12-30-21)9-13-7-5-4-6-8-13/h4-8,10-11,15H,9,12,23H2,1-3H3,(H,25,26)/t15-/m1/s1. The molecule has 0 amide bonds. The van der Waals surface area contributed by atoms with Gasteiger partial charge in [0.05, 0.1) is 27.4 Å². The van der Waals surface area contributed by atoms with Crippen molar-refractivity contribution in [3.05, 3.63) is 52.9 Å². The maximum absolute atomic E-state index is 6.16. The second-order valence-electron chi connectivity index (χ2n) is 6.86. The molecule has 1 aromatic heterocycles. The normalized spacial score (nSPS) is 15.2. The fraction of sp³-hybridized carbons (Fsp3) is 0.273. The number of nitrogens with zero attached hydrogens (tertiary/aromatic N) is 2. The summed E-state index contributed by atoms with van der Waals surface area (Å²) in [5, 5.41) is 3.85. The van der Waals surface area contributed by atoms with Crippen LogP contribution in [0.4, 0.5) is 16.6 Å². The van der Waals surface area contributed by atoms with Crippen LogP contribution in [0, 0.1) is 0 Å². The molecule has 3 N–H and O–H groups in total. The third kappa shape index (κ3) is 4.51. The molecule has 8 nitrogen and oxygen atoms in total. The number of hydrogen-bond acceptors (Lipinski definition) is 9. The number of nitrogens with two attached hydrogens (primary N) is 1. The number of anilines is 3. The van der Waals surface area contributed by atoms with E-state index in [1.54, 1.807) is 33.5 Å². The first-order valence-electron chi connectivity index (χ1n) is 9.69. The molecule has 4 rings (SSSR count). The van der Waals surface area contributed by atoms with Crippen molar-refractivity contribution in [3.8, 4) is 17.2 Å². The Bertz CT molecular complexity index is 1060. The van der Waals surface area contributed by atoms with Gasteiger partial charge in [-0.25, -0.2) is 9.98 Å². The average Bonchev–Trinajstić information content (AvgIpc) is 3.39. The molecule has 2 aromatic carbocycles. The summed E-state index contributed by atoms with van der Waals surface area (Å²) in [5.74, 6) is 2.52. The second-order valence-corrected chi connectivity index (χ2v) is 7.86. The zero-order valence-corrected chi connectivity index (χ0v) is 18.4. The minimum Gasteiger partial charge on any atom is -0.493 e. The van der Waals surface area contributed by atoms with Crippen molar-refractivity contribution < 1.29 is 18.9 Å². The zero-order valence-electron chi connectivity index (χ0n) is 17.5. The van der Waals surface area contributed by atoms with Gasteiger partial charge in [-0.05, 0) is 12.0 Å². The molecule has 0 fully saturated rings. The highest BCUT2D eigenvalue weighted by molar-refractivity contribution is 7.18. The Morgan fingerprint density at radius 1 is 1.10 bits per heavy atom. The zero-order chi connectivity index (χ0) is 21.8. The van der Waals surface area contributed by atoms with Crippen LogP contribution in [0.3, 0.4) is 0 Å². The van der Waals surface area contributed by atoms with Crippen molar-refractivity contribution in [2.24, 2.45) is 4.99 Å². The number of rotatable bonds is 8. The van der Waals surface area contributed by atoms with E-state index >= 15 is 0 Å². The SMILES string of the molecule is COc1cc(Nc2nc(N)c(C3=N[C@H](Cc4ccccc4)CO3)s2)cc(OC)c1OC. The minimum atomic E-state index is 0.0606. The predicted octanol–water partition coefficient (Wildman–Crippen LogP) is 3.88. The fourth-order valence-corrected chi connectivity index (χ4v) is 4.20. The predicted molar refractivity (Wildman–Crippen MR) is 122 cm³/mol.